The van der Waals surface area contributed by atoms with Gasteiger partial charge in [-0.05, 0) is 50.6 Å². The van der Waals surface area contributed by atoms with Gasteiger partial charge in [-0.25, -0.2) is 0 Å². The maximum atomic E-state index is 11.4. The molecule has 1 saturated heterocycles. The first-order chi connectivity index (χ1) is 7.79. The van der Waals surface area contributed by atoms with Crippen LogP contribution in [-0.2, 0) is 4.79 Å². The Hall–Kier alpha value is -0.610. The van der Waals surface area contributed by atoms with Crippen LogP contribution in [0.25, 0.3) is 0 Å². The lowest BCUT2D eigenvalue weighted by Gasteiger charge is -2.31. The van der Waals surface area contributed by atoms with Crippen molar-refractivity contribution in [3.05, 3.63) is 0 Å². The van der Waals surface area contributed by atoms with Crippen LogP contribution in [0, 0.1) is 11.8 Å². The van der Waals surface area contributed by atoms with Gasteiger partial charge >= 0.3 is 0 Å². The Bertz CT molecular complexity index is 232. The highest BCUT2D eigenvalue weighted by molar-refractivity contribution is 5.78. The molecule has 0 radical (unpaired) electrons. The predicted octanol–water partition coefficient (Wildman–Crippen LogP) is 0.183. The first-order valence-corrected chi connectivity index (χ1v) is 6.48. The molecule has 2 fully saturated rings. The van der Waals surface area contributed by atoms with Gasteiger partial charge in [0.1, 0.15) is 0 Å². The lowest BCUT2D eigenvalue weighted by atomic mass is 9.96. The highest BCUT2D eigenvalue weighted by Crippen LogP contribution is 2.27. The van der Waals surface area contributed by atoms with E-state index in [0.29, 0.717) is 0 Å². The first kappa shape index (κ1) is 11.9. The van der Waals surface area contributed by atoms with Crippen molar-refractivity contribution in [1.82, 2.24) is 10.2 Å². The zero-order chi connectivity index (χ0) is 11.4. The van der Waals surface area contributed by atoms with E-state index in [-0.39, 0.29) is 12.5 Å². The third-order valence-electron chi connectivity index (χ3n) is 3.70. The van der Waals surface area contributed by atoms with E-state index in [9.17, 15) is 4.79 Å². The molecule has 2 rings (SSSR count). The summed E-state index contributed by atoms with van der Waals surface area (Å²) in [5, 5.41) is 3.55. The minimum Gasteiger partial charge on any atom is -0.342 e. The van der Waals surface area contributed by atoms with E-state index >= 15 is 0 Å². The molecule has 0 aromatic heterocycles. The van der Waals surface area contributed by atoms with Crippen molar-refractivity contribution in [1.29, 1.82) is 0 Å². The fraction of sp³-hybridized carbons (Fsp3) is 0.917. The van der Waals surface area contributed by atoms with Crippen molar-refractivity contribution in [2.24, 2.45) is 17.6 Å². The monoisotopic (exact) mass is 225 g/mol. The van der Waals surface area contributed by atoms with Crippen LogP contribution in [-0.4, -0.2) is 43.5 Å². The van der Waals surface area contributed by atoms with Gasteiger partial charge in [-0.1, -0.05) is 0 Å². The number of nitrogens with two attached hydrogens (primary N) is 1. The van der Waals surface area contributed by atoms with Gasteiger partial charge in [0.05, 0.1) is 6.54 Å². The van der Waals surface area contributed by atoms with E-state index in [2.05, 4.69) is 5.32 Å². The minimum atomic E-state index is 0.101. The van der Waals surface area contributed by atoms with E-state index in [0.717, 1.165) is 44.3 Å². The molecule has 1 saturated carbocycles. The summed E-state index contributed by atoms with van der Waals surface area (Å²) in [6.07, 6.45) is 5.08. The third kappa shape index (κ3) is 3.46. The van der Waals surface area contributed by atoms with Crippen LogP contribution in [0.2, 0.25) is 0 Å². The van der Waals surface area contributed by atoms with E-state index in [1.165, 1.54) is 19.4 Å². The number of nitrogens with one attached hydrogen (secondary N) is 1. The number of nitrogens with zero attached hydrogens (tertiary/aromatic N) is 1. The smallest absolute Gasteiger partial charge is 0.236 e. The van der Waals surface area contributed by atoms with Crippen molar-refractivity contribution in [3.63, 3.8) is 0 Å². The fourth-order valence-electron chi connectivity index (χ4n) is 2.33. The molecule has 1 aliphatic heterocycles. The van der Waals surface area contributed by atoms with E-state index in [1.54, 1.807) is 0 Å². The Morgan fingerprint density at radius 3 is 2.19 bits per heavy atom. The summed E-state index contributed by atoms with van der Waals surface area (Å²) in [6.45, 7) is 4.27. The van der Waals surface area contributed by atoms with E-state index < -0.39 is 0 Å². The van der Waals surface area contributed by atoms with Gasteiger partial charge in [-0.15, -0.1) is 0 Å². The van der Waals surface area contributed by atoms with Crippen molar-refractivity contribution in [2.45, 2.75) is 25.7 Å². The number of piperidine rings is 1. The molecule has 2 aliphatic rings. The van der Waals surface area contributed by atoms with Crippen molar-refractivity contribution >= 4 is 5.91 Å². The summed E-state index contributed by atoms with van der Waals surface area (Å²) >= 11 is 0. The lowest BCUT2D eigenvalue weighted by Crippen LogP contribution is -2.43. The predicted molar refractivity (Wildman–Crippen MR) is 64.0 cm³/mol. The third-order valence-corrected chi connectivity index (χ3v) is 3.70. The number of amides is 1. The number of hydrogen-bond acceptors (Lipinski definition) is 3. The maximum absolute atomic E-state index is 11.4. The van der Waals surface area contributed by atoms with Gasteiger partial charge in [-0.2, -0.15) is 0 Å². The summed E-state index contributed by atoms with van der Waals surface area (Å²) in [5.41, 5.74) is 5.35. The first-order valence-electron chi connectivity index (χ1n) is 6.48. The van der Waals surface area contributed by atoms with E-state index in [4.69, 9.17) is 5.73 Å². The van der Waals surface area contributed by atoms with E-state index in [1.807, 2.05) is 4.90 Å². The molecular formula is C12H23N3O. The second-order valence-corrected chi connectivity index (χ2v) is 5.13. The highest BCUT2D eigenvalue weighted by atomic mass is 16.2. The summed E-state index contributed by atoms with van der Waals surface area (Å²) in [5.74, 6) is 1.81. The molecule has 4 heteroatoms. The van der Waals surface area contributed by atoms with Gasteiger partial charge in [0.15, 0.2) is 0 Å². The molecule has 92 valence electrons. The van der Waals surface area contributed by atoms with Gasteiger partial charge < -0.3 is 16.0 Å². The van der Waals surface area contributed by atoms with Gasteiger partial charge in [-0.3, -0.25) is 4.79 Å². The molecule has 1 amide bonds. The maximum Gasteiger partial charge on any atom is 0.236 e. The minimum absolute atomic E-state index is 0.101. The molecule has 3 N–H and O–H groups in total. The summed E-state index contributed by atoms with van der Waals surface area (Å²) < 4.78 is 0. The molecule has 0 atom stereocenters. The second-order valence-electron chi connectivity index (χ2n) is 5.13. The number of rotatable bonds is 5. The average Bonchev–Trinajstić information content (AvgIpc) is 3.13. The molecule has 4 nitrogen and oxygen atoms in total. The normalized spacial score (nSPS) is 22.4. The lowest BCUT2D eigenvalue weighted by molar-refractivity contribution is -0.131. The molecule has 0 bridgehead atoms. The van der Waals surface area contributed by atoms with Crippen LogP contribution in [0.15, 0.2) is 0 Å². The number of hydrogen-bond donors (Lipinski definition) is 2. The van der Waals surface area contributed by atoms with Crippen LogP contribution in [0.3, 0.4) is 0 Å². The Balaban J connectivity index is 1.58. The van der Waals surface area contributed by atoms with Crippen molar-refractivity contribution in [2.75, 3.05) is 32.7 Å². The molecule has 0 aromatic rings. The highest BCUT2D eigenvalue weighted by Gasteiger charge is 2.23. The summed E-state index contributed by atoms with van der Waals surface area (Å²) in [6, 6.07) is 0. The number of likely N-dealkylation sites (tertiary alicyclic amines) is 1. The van der Waals surface area contributed by atoms with Crippen LogP contribution in [0.5, 0.6) is 0 Å². The largest absolute Gasteiger partial charge is 0.342 e. The second kappa shape index (κ2) is 5.64. The Morgan fingerprint density at radius 1 is 1.12 bits per heavy atom. The van der Waals surface area contributed by atoms with Crippen LogP contribution in [0.1, 0.15) is 25.7 Å². The Labute approximate surface area is 97.6 Å². The summed E-state index contributed by atoms with van der Waals surface area (Å²) in [4.78, 5) is 13.3. The molecular weight excluding hydrogens is 202 g/mol. The quantitative estimate of drug-likeness (QED) is 0.702. The molecule has 0 aromatic carbocycles. The zero-order valence-corrected chi connectivity index (χ0v) is 9.95. The summed E-state index contributed by atoms with van der Waals surface area (Å²) in [7, 11) is 0. The van der Waals surface area contributed by atoms with Gasteiger partial charge in [0, 0.05) is 13.1 Å². The SMILES string of the molecule is NCC(=O)N1CCC(CNCC2CC2)CC1. The number of carbonyl (C=O) groups is 1. The van der Waals surface area contributed by atoms with Gasteiger partial charge in [0.25, 0.3) is 0 Å². The van der Waals surface area contributed by atoms with Crippen LogP contribution < -0.4 is 11.1 Å². The molecule has 0 spiro atoms. The molecule has 0 unspecified atom stereocenters. The topological polar surface area (TPSA) is 58.4 Å². The standard InChI is InChI=1S/C12H23N3O/c13-7-12(16)15-5-3-11(4-6-15)9-14-8-10-1-2-10/h10-11,14H,1-9,13H2. The van der Waals surface area contributed by atoms with Crippen LogP contribution in [0.4, 0.5) is 0 Å². The Kier molecular flexibility index (Phi) is 4.18. The fourth-order valence-corrected chi connectivity index (χ4v) is 2.33. The number of carbonyl (C=O) groups excluding carboxylic acids is 1. The average molecular weight is 225 g/mol. The Morgan fingerprint density at radius 2 is 1.69 bits per heavy atom. The van der Waals surface area contributed by atoms with Gasteiger partial charge in [0.2, 0.25) is 5.91 Å². The van der Waals surface area contributed by atoms with Crippen molar-refractivity contribution < 1.29 is 4.79 Å². The molecule has 1 aliphatic carbocycles. The molecule has 16 heavy (non-hydrogen) atoms. The zero-order valence-electron chi connectivity index (χ0n) is 9.95. The molecule has 1 heterocycles. The van der Waals surface area contributed by atoms with Crippen molar-refractivity contribution in [3.8, 4) is 0 Å². The van der Waals surface area contributed by atoms with Crippen LogP contribution >= 0.6 is 0 Å².